The molecule has 1 amide bonds. The Bertz CT molecular complexity index is 979. The van der Waals surface area contributed by atoms with Crippen LogP contribution < -0.4 is 10.1 Å². The normalized spacial score (nSPS) is 11.0. The fraction of sp³-hybridized carbons (Fsp3) is 0.423. The van der Waals surface area contributed by atoms with Crippen LogP contribution in [0.4, 0.5) is 0 Å². The highest BCUT2D eigenvalue weighted by molar-refractivity contribution is 7.98. The molecule has 1 aromatic heterocycles. The molecule has 182 valence electrons. The molecule has 0 aliphatic heterocycles. The highest BCUT2D eigenvalue weighted by Gasteiger charge is 2.11. The topological polar surface area (TPSA) is 80.5 Å². The minimum Gasteiger partial charge on any atom is -0.493 e. The smallest absolute Gasteiger partial charge is 0.251 e. The van der Waals surface area contributed by atoms with Gasteiger partial charge in [0.05, 0.1) is 12.4 Å². The molecule has 0 atom stereocenters. The fourth-order valence-electron chi connectivity index (χ4n) is 3.44. The summed E-state index contributed by atoms with van der Waals surface area (Å²) in [7, 11) is 0. The standard InChI is InChI=1S/C26H34N4O3S/c1-3-16-30(4-2)17-8-15-27-25(31)21-11-13-22(14-12-21)26-29-28-24(33-26)20-34-19-18-32-23-9-6-5-7-10-23/h5-7,9-14H,3-4,8,15-20H2,1-2H3,(H,27,31). The second kappa shape index (κ2) is 14.4. The Morgan fingerprint density at radius 3 is 2.59 bits per heavy atom. The molecule has 0 fully saturated rings. The van der Waals surface area contributed by atoms with Gasteiger partial charge in [-0.25, -0.2) is 0 Å². The average Bonchev–Trinajstić information content (AvgIpc) is 3.35. The Hall–Kier alpha value is -2.84. The van der Waals surface area contributed by atoms with Crippen molar-refractivity contribution in [2.45, 2.75) is 32.4 Å². The third-order valence-corrected chi connectivity index (χ3v) is 6.16. The van der Waals surface area contributed by atoms with Crippen molar-refractivity contribution in [1.82, 2.24) is 20.4 Å². The summed E-state index contributed by atoms with van der Waals surface area (Å²) in [5.41, 5.74) is 1.42. The molecule has 0 unspecified atom stereocenters. The van der Waals surface area contributed by atoms with Gasteiger partial charge in [-0.3, -0.25) is 4.79 Å². The number of ether oxygens (including phenoxy) is 1. The summed E-state index contributed by atoms with van der Waals surface area (Å²) in [6.07, 6.45) is 2.09. The van der Waals surface area contributed by atoms with Crippen molar-refractivity contribution in [3.8, 4) is 17.2 Å². The fourth-order valence-corrected chi connectivity index (χ4v) is 4.08. The third kappa shape index (κ3) is 8.50. The average molecular weight is 483 g/mol. The number of hydrogen-bond acceptors (Lipinski definition) is 7. The monoisotopic (exact) mass is 482 g/mol. The van der Waals surface area contributed by atoms with Crippen LogP contribution in [0.1, 0.15) is 42.9 Å². The number of carbonyl (C=O) groups is 1. The lowest BCUT2D eigenvalue weighted by Crippen LogP contribution is -2.30. The number of nitrogens with one attached hydrogen (secondary N) is 1. The second-order valence-electron chi connectivity index (χ2n) is 7.84. The van der Waals surface area contributed by atoms with Crippen molar-refractivity contribution >= 4 is 17.7 Å². The van der Waals surface area contributed by atoms with Gasteiger partial charge in [0.15, 0.2) is 0 Å². The minimum atomic E-state index is -0.0644. The molecule has 1 heterocycles. The van der Waals surface area contributed by atoms with Crippen molar-refractivity contribution in [3.63, 3.8) is 0 Å². The van der Waals surface area contributed by atoms with E-state index < -0.39 is 0 Å². The maximum Gasteiger partial charge on any atom is 0.251 e. The van der Waals surface area contributed by atoms with Crippen LogP contribution in [-0.4, -0.2) is 59.5 Å². The van der Waals surface area contributed by atoms with Crippen molar-refractivity contribution in [3.05, 3.63) is 66.1 Å². The molecule has 0 saturated carbocycles. The van der Waals surface area contributed by atoms with E-state index in [9.17, 15) is 4.79 Å². The lowest BCUT2D eigenvalue weighted by Gasteiger charge is -2.19. The number of nitrogens with zero attached hydrogens (tertiary/aromatic N) is 3. The predicted octanol–water partition coefficient (Wildman–Crippen LogP) is 4.90. The van der Waals surface area contributed by atoms with Gasteiger partial charge in [0.25, 0.3) is 5.91 Å². The molecule has 3 rings (SSSR count). The minimum absolute atomic E-state index is 0.0644. The molecule has 0 spiro atoms. The molecular weight excluding hydrogens is 448 g/mol. The molecule has 0 saturated heterocycles. The summed E-state index contributed by atoms with van der Waals surface area (Å²) in [6.45, 7) is 8.79. The zero-order chi connectivity index (χ0) is 24.0. The molecular formula is C26H34N4O3S. The lowest BCUT2D eigenvalue weighted by molar-refractivity contribution is 0.0951. The predicted molar refractivity (Wildman–Crippen MR) is 137 cm³/mol. The SMILES string of the molecule is CCCN(CC)CCCNC(=O)c1ccc(-c2nnc(CSCCOc3ccccc3)o2)cc1. The van der Waals surface area contributed by atoms with Gasteiger partial charge in [-0.15, -0.1) is 22.0 Å². The van der Waals surface area contributed by atoms with Crippen LogP contribution in [0.2, 0.25) is 0 Å². The Balaban J connectivity index is 1.38. The van der Waals surface area contributed by atoms with Gasteiger partial charge in [0.1, 0.15) is 5.75 Å². The summed E-state index contributed by atoms with van der Waals surface area (Å²) >= 11 is 1.68. The number of rotatable bonds is 15. The summed E-state index contributed by atoms with van der Waals surface area (Å²) in [4.78, 5) is 14.8. The van der Waals surface area contributed by atoms with E-state index in [1.807, 2.05) is 42.5 Å². The third-order valence-electron chi connectivity index (χ3n) is 5.25. The number of aromatic nitrogens is 2. The molecule has 3 aromatic rings. The Morgan fingerprint density at radius 2 is 1.85 bits per heavy atom. The zero-order valence-electron chi connectivity index (χ0n) is 20.0. The Labute approximate surface area is 206 Å². The molecule has 0 bridgehead atoms. The second-order valence-corrected chi connectivity index (χ2v) is 8.94. The molecule has 0 aliphatic carbocycles. The van der Waals surface area contributed by atoms with Crippen LogP contribution in [-0.2, 0) is 5.75 Å². The van der Waals surface area contributed by atoms with Crippen molar-refractivity contribution in [2.75, 3.05) is 38.5 Å². The van der Waals surface area contributed by atoms with Crippen LogP contribution >= 0.6 is 11.8 Å². The largest absolute Gasteiger partial charge is 0.493 e. The highest BCUT2D eigenvalue weighted by Crippen LogP contribution is 2.20. The van der Waals surface area contributed by atoms with Crippen LogP contribution in [0.15, 0.2) is 59.0 Å². The number of benzene rings is 2. The van der Waals surface area contributed by atoms with Gasteiger partial charge >= 0.3 is 0 Å². The molecule has 34 heavy (non-hydrogen) atoms. The highest BCUT2D eigenvalue weighted by atomic mass is 32.2. The van der Waals surface area contributed by atoms with E-state index in [1.54, 1.807) is 23.9 Å². The zero-order valence-corrected chi connectivity index (χ0v) is 20.9. The van der Waals surface area contributed by atoms with Crippen LogP contribution in [0.25, 0.3) is 11.5 Å². The van der Waals surface area contributed by atoms with Crippen LogP contribution in [0, 0.1) is 0 Å². The summed E-state index contributed by atoms with van der Waals surface area (Å²) < 4.78 is 11.5. The van der Waals surface area contributed by atoms with Gasteiger partial charge in [0.2, 0.25) is 11.8 Å². The maximum atomic E-state index is 12.4. The Morgan fingerprint density at radius 1 is 1.06 bits per heavy atom. The molecule has 2 aromatic carbocycles. The molecule has 0 aliphatic rings. The molecule has 7 nitrogen and oxygen atoms in total. The quantitative estimate of drug-likeness (QED) is 0.309. The molecule has 8 heteroatoms. The van der Waals surface area contributed by atoms with Crippen LogP contribution in [0.3, 0.4) is 0 Å². The summed E-state index contributed by atoms with van der Waals surface area (Å²) in [5.74, 6) is 3.29. The van der Waals surface area contributed by atoms with E-state index in [1.165, 1.54) is 0 Å². The first-order chi connectivity index (χ1) is 16.7. The summed E-state index contributed by atoms with van der Waals surface area (Å²) in [6, 6.07) is 17.0. The first kappa shape index (κ1) is 25.8. The van der Waals surface area contributed by atoms with E-state index in [0.29, 0.717) is 36.2 Å². The Kier molecular flexibility index (Phi) is 10.9. The maximum absolute atomic E-state index is 12.4. The van der Waals surface area contributed by atoms with Crippen LogP contribution in [0.5, 0.6) is 5.75 Å². The van der Waals surface area contributed by atoms with E-state index in [4.69, 9.17) is 9.15 Å². The number of para-hydroxylation sites is 1. The first-order valence-electron chi connectivity index (χ1n) is 11.9. The van der Waals surface area contributed by atoms with Gasteiger partial charge in [-0.2, -0.15) is 0 Å². The van der Waals surface area contributed by atoms with E-state index in [-0.39, 0.29) is 5.91 Å². The lowest BCUT2D eigenvalue weighted by atomic mass is 10.1. The van der Waals surface area contributed by atoms with E-state index in [2.05, 4.69) is 34.3 Å². The molecule has 0 radical (unpaired) electrons. The van der Waals surface area contributed by atoms with Gasteiger partial charge in [-0.1, -0.05) is 32.0 Å². The first-order valence-corrected chi connectivity index (χ1v) is 13.0. The number of hydrogen-bond donors (Lipinski definition) is 1. The van der Waals surface area contributed by atoms with Crippen molar-refractivity contribution < 1.29 is 13.9 Å². The van der Waals surface area contributed by atoms with Gasteiger partial charge in [0, 0.05) is 23.4 Å². The number of amides is 1. The van der Waals surface area contributed by atoms with E-state index >= 15 is 0 Å². The van der Waals surface area contributed by atoms with Crippen molar-refractivity contribution in [2.24, 2.45) is 0 Å². The van der Waals surface area contributed by atoms with Crippen molar-refractivity contribution in [1.29, 1.82) is 0 Å². The number of thioether (sulfide) groups is 1. The molecule has 1 N–H and O–H groups in total. The summed E-state index contributed by atoms with van der Waals surface area (Å²) in [5, 5.41) is 11.3. The van der Waals surface area contributed by atoms with Gasteiger partial charge in [-0.05, 0) is 68.9 Å². The number of carbonyl (C=O) groups excluding carboxylic acids is 1. The van der Waals surface area contributed by atoms with Gasteiger partial charge < -0.3 is 19.4 Å². The van der Waals surface area contributed by atoms with E-state index in [0.717, 1.165) is 49.5 Å².